The topological polar surface area (TPSA) is 157 Å². The van der Waals surface area contributed by atoms with E-state index in [0.717, 1.165) is 0 Å². The van der Waals surface area contributed by atoms with Gasteiger partial charge in [-0.1, -0.05) is 0 Å². The first-order valence-electron chi connectivity index (χ1n) is 4.28. The molecule has 0 aliphatic carbocycles. The van der Waals surface area contributed by atoms with Crippen molar-refractivity contribution in [1.29, 1.82) is 0 Å². The number of phosphoric ester groups is 1. The van der Waals surface area contributed by atoms with E-state index in [1.165, 1.54) is 0 Å². The minimum Gasteiger partial charge on any atom is -0.394 e. The zero-order valence-electron chi connectivity index (χ0n) is 8.00. The molecule has 10 heteroatoms. The summed E-state index contributed by atoms with van der Waals surface area (Å²) in [6.07, 6.45) is -4.81. The van der Waals surface area contributed by atoms with Crippen LogP contribution in [-0.4, -0.2) is 67.5 Å². The SMILES string of the molecule is O=P(O)(O)O[C@@]1(CO)O[C@H](CO)[C@@H](O)[C@@H]1O. The molecule has 1 heterocycles. The summed E-state index contributed by atoms with van der Waals surface area (Å²) in [5.41, 5.74) is 0. The summed E-state index contributed by atoms with van der Waals surface area (Å²) in [5.74, 6) is -2.44. The summed E-state index contributed by atoms with van der Waals surface area (Å²) >= 11 is 0. The standard InChI is InChI=1S/C6H13O9P/c7-1-3-4(9)5(10)6(2-8,14-3)15-16(11,12)13/h3-5,7-10H,1-2H2,(H2,11,12,13)/t3-,4-,5+,6-/m1/s1. The zero-order chi connectivity index (χ0) is 12.6. The molecule has 0 spiro atoms. The lowest BCUT2D eigenvalue weighted by Crippen LogP contribution is -2.47. The van der Waals surface area contributed by atoms with Crippen molar-refractivity contribution in [3.05, 3.63) is 0 Å². The van der Waals surface area contributed by atoms with Crippen LogP contribution in [0.2, 0.25) is 0 Å². The Morgan fingerprint density at radius 2 is 1.88 bits per heavy atom. The maximum atomic E-state index is 10.6. The highest BCUT2D eigenvalue weighted by Gasteiger charge is 2.57. The number of aliphatic hydroxyl groups is 4. The fraction of sp³-hybridized carbons (Fsp3) is 1.00. The van der Waals surface area contributed by atoms with Crippen molar-refractivity contribution in [2.24, 2.45) is 0 Å². The zero-order valence-corrected chi connectivity index (χ0v) is 8.90. The number of hydrogen-bond acceptors (Lipinski definition) is 7. The molecule has 6 N–H and O–H groups in total. The summed E-state index contributed by atoms with van der Waals surface area (Å²) in [6, 6.07) is 0. The van der Waals surface area contributed by atoms with Crippen molar-refractivity contribution < 1.29 is 44.0 Å². The fourth-order valence-electron chi connectivity index (χ4n) is 1.44. The Labute approximate surface area is 90.1 Å². The van der Waals surface area contributed by atoms with E-state index in [1.54, 1.807) is 0 Å². The molecule has 1 aliphatic heterocycles. The van der Waals surface area contributed by atoms with E-state index in [9.17, 15) is 14.8 Å². The predicted molar refractivity (Wildman–Crippen MR) is 46.9 cm³/mol. The average molecular weight is 260 g/mol. The van der Waals surface area contributed by atoms with E-state index < -0.39 is 45.1 Å². The first kappa shape index (κ1) is 14.0. The number of ether oxygens (including phenoxy) is 1. The second-order valence-electron chi connectivity index (χ2n) is 3.33. The van der Waals surface area contributed by atoms with Crippen molar-refractivity contribution in [3.63, 3.8) is 0 Å². The maximum Gasteiger partial charge on any atom is 0.472 e. The maximum absolute atomic E-state index is 10.6. The minimum absolute atomic E-state index is 0.704. The molecule has 0 amide bonds. The second kappa shape index (κ2) is 4.65. The van der Waals surface area contributed by atoms with Gasteiger partial charge in [0, 0.05) is 0 Å². The molecule has 0 aromatic heterocycles. The minimum atomic E-state index is -5.04. The summed E-state index contributed by atoms with van der Waals surface area (Å²) < 4.78 is 19.5. The van der Waals surface area contributed by atoms with Gasteiger partial charge >= 0.3 is 7.82 Å². The van der Waals surface area contributed by atoms with Gasteiger partial charge in [-0.25, -0.2) is 9.09 Å². The second-order valence-corrected chi connectivity index (χ2v) is 4.49. The monoisotopic (exact) mass is 260 g/mol. The van der Waals surface area contributed by atoms with Crippen LogP contribution in [-0.2, 0) is 13.8 Å². The molecule has 0 radical (unpaired) electrons. The molecular weight excluding hydrogens is 247 g/mol. The third kappa shape index (κ3) is 2.59. The molecule has 0 saturated carbocycles. The van der Waals surface area contributed by atoms with E-state index in [2.05, 4.69) is 4.52 Å². The van der Waals surface area contributed by atoms with E-state index in [4.69, 9.17) is 24.7 Å². The van der Waals surface area contributed by atoms with Crippen LogP contribution in [0.3, 0.4) is 0 Å². The molecule has 0 aromatic rings. The fourth-order valence-corrected chi connectivity index (χ4v) is 2.05. The van der Waals surface area contributed by atoms with E-state index in [1.807, 2.05) is 0 Å². The number of aliphatic hydroxyl groups excluding tert-OH is 4. The number of hydrogen-bond donors (Lipinski definition) is 6. The van der Waals surface area contributed by atoms with Gasteiger partial charge in [0.25, 0.3) is 0 Å². The van der Waals surface area contributed by atoms with Crippen LogP contribution < -0.4 is 0 Å². The van der Waals surface area contributed by atoms with Crippen LogP contribution in [0.15, 0.2) is 0 Å². The van der Waals surface area contributed by atoms with Gasteiger partial charge in [0.2, 0.25) is 5.79 Å². The lowest BCUT2D eigenvalue weighted by atomic mass is 10.1. The molecule has 9 nitrogen and oxygen atoms in total. The molecule has 1 rings (SSSR count). The van der Waals surface area contributed by atoms with Crippen molar-refractivity contribution >= 4 is 7.82 Å². The Kier molecular flexibility index (Phi) is 4.06. The average Bonchev–Trinajstić information content (AvgIpc) is 2.41. The van der Waals surface area contributed by atoms with Crippen LogP contribution in [0.1, 0.15) is 0 Å². The van der Waals surface area contributed by atoms with E-state index in [0.29, 0.717) is 0 Å². The number of rotatable bonds is 4. The van der Waals surface area contributed by atoms with Crippen LogP contribution >= 0.6 is 7.82 Å². The summed E-state index contributed by atoms with van der Waals surface area (Å²) in [4.78, 5) is 17.2. The van der Waals surface area contributed by atoms with Gasteiger partial charge in [-0.05, 0) is 0 Å². The molecular formula is C6H13O9P. The highest BCUT2D eigenvalue weighted by atomic mass is 31.2. The van der Waals surface area contributed by atoms with Crippen molar-refractivity contribution in [3.8, 4) is 0 Å². The van der Waals surface area contributed by atoms with Crippen LogP contribution in [0, 0.1) is 0 Å². The Morgan fingerprint density at radius 3 is 2.19 bits per heavy atom. The van der Waals surface area contributed by atoms with Crippen LogP contribution in [0.4, 0.5) is 0 Å². The van der Waals surface area contributed by atoms with Crippen LogP contribution in [0.25, 0.3) is 0 Å². The quantitative estimate of drug-likeness (QED) is 0.288. The third-order valence-electron chi connectivity index (χ3n) is 2.18. The van der Waals surface area contributed by atoms with Gasteiger partial charge in [-0.3, -0.25) is 0 Å². The smallest absolute Gasteiger partial charge is 0.394 e. The normalized spacial score (nSPS) is 40.2. The molecule has 1 fully saturated rings. The molecule has 96 valence electrons. The van der Waals surface area contributed by atoms with Gasteiger partial charge in [0.05, 0.1) is 6.61 Å². The molecule has 0 unspecified atom stereocenters. The Balaban J connectivity index is 2.93. The highest BCUT2D eigenvalue weighted by molar-refractivity contribution is 7.46. The van der Waals surface area contributed by atoms with Crippen LogP contribution in [0.5, 0.6) is 0 Å². The molecule has 4 atom stereocenters. The van der Waals surface area contributed by atoms with Gasteiger partial charge in [0.15, 0.2) is 0 Å². The lowest BCUT2D eigenvalue weighted by molar-refractivity contribution is -0.237. The molecule has 16 heavy (non-hydrogen) atoms. The number of phosphoric acid groups is 1. The molecule has 1 aliphatic rings. The lowest BCUT2D eigenvalue weighted by Gasteiger charge is -2.29. The Bertz CT molecular complexity index is 290. The summed E-state index contributed by atoms with van der Waals surface area (Å²) in [6.45, 7) is -1.79. The predicted octanol–water partition coefficient (Wildman–Crippen LogP) is -3.10. The van der Waals surface area contributed by atoms with Gasteiger partial charge in [0.1, 0.15) is 24.9 Å². The van der Waals surface area contributed by atoms with E-state index in [-0.39, 0.29) is 0 Å². The van der Waals surface area contributed by atoms with E-state index >= 15 is 0 Å². The van der Waals surface area contributed by atoms with Crippen molar-refractivity contribution in [1.82, 2.24) is 0 Å². The Hall–Kier alpha value is -0.0900. The molecule has 0 aromatic carbocycles. The van der Waals surface area contributed by atoms with Gasteiger partial charge in [-0.15, -0.1) is 0 Å². The first-order valence-corrected chi connectivity index (χ1v) is 5.81. The molecule has 1 saturated heterocycles. The third-order valence-corrected chi connectivity index (χ3v) is 2.73. The summed E-state index contributed by atoms with van der Waals surface area (Å²) in [7, 11) is -5.04. The first-order chi connectivity index (χ1) is 7.25. The highest BCUT2D eigenvalue weighted by Crippen LogP contribution is 2.46. The van der Waals surface area contributed by atoms with Crippen molar-refractivity contribution in [2.45, 2.75) is 24.1 Å². The largest absolute Gasteiger partial charge is 0.472 e. The Morgan fingerprint density at radius 1 is 1.31 bits per heavy atom. The van der Waals surface area contributed by atoms with Gasteiger partial charge < -0.3 is 34.9 Å². The van der Waals surface area contributed by atoms with Gasteiger partial charge in [-0.2, -0.15) is 0 Å². The van der Waals surface area contributed by atoms with Crippen molar-refractivity contribution in [2.75, 3.05) is 13.2 Å². The molecule has 0 bridgehead atoms. The summed E-state index contributed by atoms with van der Waals surface area (Å²) in [5, 5.41) is 36.5.